The summed E-state index contributed by atoms with van der Waals surface area (Å²) in [5.74, 6) is 0.442. The maximum Gasteiger partial charge on any atom is 0.0991 e. The van der Waals surface area contributed by atoms with Crippen LogP contribution in [0.2, 0.25) is 0 Å². The molecule has 0 bridgehead atoms. The molecule has 1 rings (SSSR count). The van der Waals surface area contributed by atoms with E-state index in [1.54, 1.807) is 0 Å². The molecule has 2 unspecified atom stereocenters. The maximum atomic E-state index is 9.26. The highest BCUT2D eigenvalue weighted by Gasteiger charge is 2.47. The number of nitriles is 1. The minimum absolute atomic E-state index is 0.0533. The van der Waals surface area contributed by atoms with Crippen molar-refractivity contribution in [2.75, 3.05) is 0 Å². The zero-order valence-corrected chi connectivity index (χ0v) is 13.7. The first-order valence-electron chi connectivity index (χ1n) is 7.20. The fourth-order valence-electron chi connectivity index (χ4n) is 3.25. The van der Waals surface area contributed by atoms with Gasteiger partial charge in [0.15, 0.2) is 0 Å². The van der Waals surface area contributed by atoms with Gasteiger partial charge in [0.1, 0.15) is 0 Å². The van der Waals surface area contributed by atoms with Crippen molar-refractivity contribution >= 4 is 0 Å². The van der Waals surface area contributed by atoms with Crippen LogP contribution in [0.4, 0.5) is 0 Å². The van der Waals surface area contributed by atoms with E-state index in [1.165, 1.54) is 0 Å². The summed E-state index contributed by atoms with van der Waals surface area (Å²) in [6.45, 7) is 23.1. The van der Waals surface area contributed by atoms with Crippen LogP contribution in [-0.4, -0.2) is 0 Å². The molecule has 0 heterocycles. The van der Waals surface area contributed by atoms with Gasteiger partial charge in [-0.3, -0.25) is 0 Å². The predicted octanol–water partition coefficient (Wildman–Crippen LogP) is 5.67. The largest absolute Gasteiger partial charge is 0.192 e. The third-order valence-electron chi connectivity index (χ3n) is 4.59. The van der Waals surface area contributed by atoms with Crippen molar-refractivity contribution in [2.24, 2.45) is 16.7 Å². The van der Waals surface area contributed by atoms with E-state index in [1.807, 2.05) is 13.8 Å². The molecular formula is C18H29N. The van der Waals surface area contributed by atoms with Gasteiger partial charge < -0.3 is 0 Å². The Morgan fingerprint density at radius 1 is 1.37 bits per heavy atom. The average Bonchev–Trinajstić information content (AvgIpc) is 2.36. The van der Waals surface area contributed by atoms with Crippen LogP contribution in [0.15, 0.2) is 36.0 Å². The zero-order valence-electron chi connectivity index (χ0n) is 13.7. The van der Waals surface area contributed by atoms with Crippen molar-refractivity contribution in [1.82, 2.24) is 0 Å². The van der Waals surface area contributed by atoms with Crippen LogP contribution in [0.25, 0.3) is 0 Å². The molecule has 1 nitrogen and oxygen atoms in total. The van der Waals surface area contributed by atoms with Crippen LogP contribution in [0.1, 0.15) is 54.9 Å². The van der Waals surface area contributed by atoms with Crippen molar-refractivity contribution in [1.29, 1.82) is 5.26 Å². The van der Waals surface area contributed by atoms with Crippen molar-refractivity contribution < 1.29 is 0 Å². The summed E-state index contributed by atoms with van der Waals surface area (Å²) in [7, 11) is 0. The highest BCUT2D eigenvalue weighted by Crippen LogP contribution is 2.55. The van der Waals surface area contributed by atoms with Gasteiger partial charge >= 0.3 is 0 Å². The lowest BCUT2D eigenvalue weighted by atomic mass is 9.53. The van der Waals surface area contributed by atoms with Gasteiger partial charge in [-0.1, -0.05) is 72.8 Å². The van der Waals surface area contributed by atoms with Crippen molar-refractivity contribution in [3.8, 4) is 6.07 Å². The third-order valence-corrected chi connectivity index (χ3v) is 4.59. The van der Waals surface area contributed by atoms with Crippen molar-refractivity contribution in [2.45, 2.75) is 54.9 Å². The van der Waals surface area contributed by atoms with Crippen molar-refractivity contribution in [3.05, 3.63) is 36.0 Å². The molecule has 0 saturated heterocycles. The Kier molecular flexibility index (Phi) is 5.82. The first-order chi connectivity index (χ1) is 8.71. The molecule has 0 fully saturated rings. The lowest BCUT2D eigenvalue weighted by molar-refractivity contribution is 0.141. The summed E-state index contributed by atoms with van der Waals surface area (Å²) < 4.78 is 0. The molecule has 106 valence electrons. The van der Waals surface area contributed by atoms with E-state index in [2.05, 4.69) is 59.9 Å². The summed E-state index contributed by atoms with van der Waals surface area (Å²) in [4.78, 5) is 0. The van der Waals surface area contributed by atoms with Gasteiger partial charge in [0.2, 0.25) is 0 Å². The van der Waals surface area contributed by atoms with E-state index in [4.69, 9.17) is 0 Å². The van der Waals surface area contributed by atoms with E-state index in [0.29, 0.717) is 5.92 Å². The number of hydrogen-bond donors (Lipinski definition) is 0. The number of allylic oxidation sites excluding steroid dienone is 4. The van der Waals surface area contributed by atoms with E-state index in [9.17, 15) is 5.26 Å². The quantitative estimate of drug-likeness (QED) is 0.586. The van der Waals surface area contributed by atoms with Gasteiger partial charge in [-0.15, -0.1) is 0 Å². The molecule has 0 saturated carbocycles. The van der Waals surface area contributed by atoms with E-state index < -0.39 is 0 Å². The Labute approximate surface area is 119 Å². The first-order valence-corrected chi connectivity index (χ1v) is 7.20. The average molecular weight is 259 g/mol. The SMILES string of the molecule is C=C1C(C#N)=CC(C)(C(=C)C)C(CC)C1(C)C.CC. The van der Waals surface area contributed by atoms with E-state index in [0.717, 1.165) is 23.1 Å². The minimum atomic E-state index is -0.107. The lowest BCUT2D eigenvalue weighted by Crippen LogP contribution is -2.42. The molecule has 1 aliphatic rings. The topological polar surface area (TPSA) is 23.8 Å². The number of nitrogens with zero attached hydrogens (tertiary/aromatic N) is 1. The maximum absolute atomic E-state index is 9.26. The Bertz CT molecular complexity index is 431. The molecule has 0 aromatic rings. The summed E-state index contributed by atoms with van der Waals surface area (Å²) >= 11 is 0. The molecular weight excluding hydrogens is 230 g/mol. The molecule has 0 aromatic heterocycles. The third kappa shape index (κ3) is 2.84. The standard InChI is InChI=1S/C16H23N.C2H6/c1-8-14-15(5,6)12(4)13(10-17)9-16(14,7)11(2)3;1-2/h9,14H,2,4,8H2,1,3,5-7H3;1-2H3. The van der Waals surface area contributed by atoms with Gasteiger partial charge in [-0.25, -0.2) is 0 Å². The molecule has 0 spiro atoms. The second kappa shape index (κ2) is 6.24. The molecule has 0 radical (unpaired) electrons. The summed E-state index contributed by atoms with van der Waals surface area (Å²) in [6, 6.07) is 2.28. The summed E-state index contributed by atoms with van der Waals surface area (Å²) in [6.07, 6.45) is 3.13. The Hall–Kier alpha value is -1.29. The molecule has 0 amide bonds. The lowest BCUT2D eigenvalue weighted by Gasteiger charge is -2.50. The van der Waals surface area contributed by atoms with Gasteiger partial charge in [0.05, 0.1) is 11.6 Å². The normalized spacial score (nSPS) is 28.6. The monoisotopic (exact) mass is 259 g/mol. The Morgan fingerprint density at radius 3 is 2.16 bits per heavy atom. The zero-order chi connectivity index (χ0) is 15.4. The second-order valence-electron chi connectivity index (χ2n) is 5.89. The van der Waals surface area contributed by atoms with Crippen LogP contribution in [-0.2, 0) is 0 Å². The predicted molar refractivity (Wildman–Crippen MR) is 84.7 cm³/mol. The molecule has 1 heteroatoms. The Morgan fingerprint density at radius 2 is 1.84 bits per heavy atom. The van der Waals surface area contributed by atoms with Crippen LogP contribution >= 0.6 is 0 Å². The highest BCUT2D eigenvalue weighted by molar-refractivity contribution is 5.50. The highest BCUT2D eigenvalue weighted by atomic mass is 14.5. The molecule has 0 N–H and O–H groups in total. The van der Waals surface area contributed by atoms with Gasteiger partial charge in [0, 0.05) is 5.41 Å². The van der Waals surface area contributed by atoms with E-state index >= 15 is 0 Å². The van der Waals surface area contributed by atoms with Crippen LogP contribution in [0.3, 0.4) is 0 Å². The first kappa shape index (κ1) is 17.7. The Balaban J connectivity index is 0.00000154. The minimum Gasteiger partial charge on any atom is -0.192 e. The summed E-state index contributed by atoms with van der Waals surface area (Å²) in [5.41, 5.74) is 2.65. The molecule has 0 aliphatic heterocycles. The van der Waals surface area contributed by atoms with E-state index in [-0.39, 0.29) is 10.8 Å². The second-order valence-corrected chi connectivity index (χ2v) is 5.89. The fourth-order valence-corrected chi connectivity index (χ4v) is 3.25. The molecule has 19 heavy (non-hydrogen) atoms. The van der Waals surface area contributed by atoms with Gasteiger partial charge in [-0.2, -0.15) is 5.26 Å². The fraction of sp³-hybridized carbons (Fsp3) is 0.611. The van der Waals surface area contributed by atoms with Crippen molar-refractivity contribution in [3.63, 3.8) is 0 Å². The van der Waals surface area contributed by atoms with Crippen LogP contribution < -0.4 is 0 Å². The van der Waals surface area contributed by atoms with Gasteiger partial charge in [0.25, 0.3) is 0 Å². The molecule has 1 aliphatic carbocycles. The summed E-state index contributed by atoms with van der Waals surface area (Å²) in [5, 5.41) is 9.26. The number of hydrogen-bond acceptors (Lipinski definition) is 1. The van der Waals surface area contributed by atoms with Crippen LogP contribution in [0, 0.1) is 28.1 Å². The molecule has 0 aromatic carbocycles. The molecule has 2 atom stereocenters. The van der Waals surface area contributed by atoms with Gasteiger partial charge in [-0.05, 0) is 23.8 Å². The van der Waals surface area contributed by atoms with Crippen LogP contribution in [0.5, 0.6) is 0 Å². The smallest absolute Gasteiger partial charge is 0.0991 e. The number of rotatable bonds is 2.